The highest BCUT2D eigenvalue weighted by Gasteiger charge is 2.32. The second-order valence-electron chi connectivity index (χ2n) is 6.26. The second-order valence-corrected chi connectivity index (χ2v) is 6.26. The van der Waals surface area contributed by atoms with E-state index in [9.17, 15) is 9.90 Å². The summed E-state index contributed by atoms with van der Waals surface area (Å²) in [7, 11) is 1.61. The van der Waals surface area contributed by atoms with Crippen LogP contribution in [-0.2, 0) is 4.79 Å². The van der Waals surface area contributed by atoms with Crippen molar-refractivity contribution < 1.29 is 14.6 Å². The first kappa shape index (κ1) is 17.5. The molecule has 0 atom stereocenters. The van der Waals surface area contributed by atoms with Crippen molar-refractivity contribution in [2.75, 3.05) is 12.0 Å². The van der Waals surface area contributed by atoms with Gasteiger partial charge in [0.2, 0.25) is 0 Å². The lowest BCUT2D eigenvalue weighted by Gasteiger charge is -2.18. The molecule has 28 heavy (non-hydrogen) atoms. The van der Waals surface area contributed by atoms with Crippen molar-refractivity contribution in [2.45, 2.75) is 0 Å². The minimum atomic E-state index is -0.222. The van der Waals surface area contributed by atoms with Crippen LogP contribution in [0.25, 0.3) is 6.08 Å². The zero-order valence-electron chi connectivity index (χ0n) is 15.2. The molecule has 1 aliphatic heterocycles. The van der Waals surface area contributed by atoms with Crippen LogP contribution in [0.3, 0.4) is 0 Å². The van der Waals surface area contributed by atoms with Gasteiger partial charge in [0.05, 0.1) is 12.8 Å². The van der Waals surface area contributed by atoms with Crippen molar-refractivity contribution in [2.24, 2.45) is 4.99 Å². The lowest BCUT2D eigenvalue weighted by molar-refractivity contribution is -0.113. The number of benzene rings is 3. The van der Waals surface area contributed by atoms with Crippen LogP contribution in [0.4, 0.5) is 5.69 Å². The van der Waals surface area contributed by atoms with E-state index in [0.717, 1.165) is 16.9 Å². The molecule has 3 aromatic carbocycles. The predicted molar refractivity (Wildman–Crippen MR) is 110 cm³/mol. The molecule has 1 N–H and O–H groups in total. The van der Waals surface area contributed by atoms with Gasteiger partial charge in [-0.05, 0) is 60.2 Å². The first-order valence-corrected chi connectivity index (χ1v) is 8.79. The number of carbonyl (C=O) groups is 1. The minimum absolute atomic E-state index is 0.137. The molecule has 0 spiro atoms. The zero-order chi connectivity index (χ0) is 19.5. The fourth-order valence-electron chi connectivity index (χ4n) is 3.00. The van der Waals surface area contributed by atoms with Crippen LogP contribution in [-0.4, -0.2) is 24.0 Å². The Morgan fingerprint density at radius 1 is 0.929 bits per heavy atom. The summed E-state index contributed by atoms with van der Waals surface area (Å²) in [4.78, 5) is 19.3. The van der Waals surface area contributed by atoms with Gasteiger partial charge in [0.15, 0.2) is 0 Å². The van der Waals surface area contributed by atoms with Crippen LogP contribution in [0.2, 0.25) is 0 Å². The maximum Gasteiger partial charge on any atom is 0.282 e. The molecule has 0 aromatic heterocycles. The van der Waals surface area contributed by atoms with Crippen molar-refractivity contribution in [1.29, 1.82) is 0 Å². The van der Waals surface area contributed by atoms with E-state index >= 15 is 0 Å². The van der Waals surface area contributed by atoms with Gasteiger partial charge in [0.1, 0.15) is 23.0 Å². The topological polar surface area (TPSA) is 62.1 Å². The predicted octanol–water partition coefficient (Wildman–Crippen LogP) is 4.24. The van der Waals surface area contributed by atoms with Gasteiger partial charge in [0.25, 0.3) is 5.91 Å². The van der Waals surface area contributed by atoms with Crippen molar-refractivity contribution in [1.82, 2.24) is 0 Å². The summed E-state index contributed by atoms with van der Waals surface area (Å²) in [6, 6.07) is 23.5. The van der Waals surface area contributed by atoms with Gasteiger partial charge in [-0.3, -0.25) is 9.69 Å². The second kappa shape index (κ2) is 7.40. The lowest BCUT2D eigenvalue weighted by Crippen LogP contribution is -2.32. The van der Waals surface area contributed by atoms with E-state index < -0.39 is 0 Å². The number of hydrogen-bond donors (Lipinski definition) is 1. The maximum atomic E-state index is 13.2. The molecule has 1 aliphatic rings. The first-order valence-electron chi connectivity index (χ1n) is 8.79. The van der Waals surface area contributed by atoms with E-state index in [1.807, 2.05) is 54.6 Å². The highest BCUT2D eigenvalue weighted by Crippen LogP contribution is 2.29. The number of methoxy groups -OCH3 is 1. The number of aliphatic imine (C=N–C) groups is 1. The fraction of sp³-hybridized carbons (Fsp3) is 0.0435. The van der Waals surface area contributed by atoms with E-state index in [0.29, 0.717) is 17.2 Å². The molecule has 3 aromatic rings. The van der Waals surface area contributed by atoms with Crippen molar-refractivity contribution >= 4 is 23.5 Å². The molecule has 1 amide bonds. The van der Waals surface area contributed by atoms with E-state index in [2.05, 4.69) is 4.99 Å². The smallest absolute Gasteiger partial charge is 0.282 e. The SMILES string of the molecule is COc1ccc(C2=N/C(=C/c3ccccc3)C(=O)N2c2ccc(O)cc2)cc1. The monoisotopic (exact) mass is 370 g/mol. The third-order valence-electron chi connectivity index (χ3n) is 4.42. The quantitative estimate of drug-likeness (QED) is 0.699. The summed E-state index contributed by atoms with van der Waals surface area (Å²) in [5.74, 6) is 1.17. The van der Waals surface area contributed by atoms with Gasteiger partial charge in [-0.1, -0.05) is 30.3 Å². The Kier molecular flexibility index (Phi) is 4.64. The van der Waals surface area contributed by atoms with Crippen LogP contribution in [0, 0.1) is 0 Å². The molecule has 5 nitrogen and oxygen atoms in total. The fourth-order valence-corrected chi connectivity index (χ4v) is 3.00. The average molecular weight is 370 g/mol. The molecular weight excluding hydrogens is 352 g/mol. The van der Waals surface area contributed by atoms with Gasteiger partial charge < -0.3 is 9.84 Å². The number of phenolic OH excluding ortho intramolecular Hbond substituents is 1. The maximum absolute atomic E-state index is 13.2. The number of aromatic hydroxyl groups is 1. The Balaban J connectivity index is 1.80. The number of amidine groups is 1. The number of carbonyl (C=O) groups excluding carboxylic acids is 1. The molecule has 0 bridgehead atoms. The van der Waals surface area contributed by atoms with Crippen LogP contribution >= 0.6 is 0 Å². The van der Waals surface area contributed by atoms with Crippen molar-refractivity contribution in [3.8, 4) is 11.5 Å². The molecule has 0 radical (unpaired) electrons. The molecular formula is C23H18N2O3. The van der Waals surface area contributed by atoms with Gasteiger partial charge >= 0.3 is 0 Å². The normalized spacial score (nSPS) is 15.0. The minimum Gasteiger partial charge on any atom is -0.508 e. The number of nitrogens with zero attached hydrogens (tertiary/aromatic N) is 2. The molecule has 1 heterocycles. The summed E-state index contributed by atoms with van der Waals surface area (Å²) >= 11 is 0. The largest absolute Gasteiger partial charge is 0.508 e. The average Bonchev–Trinajstić information content (AvgIpc) is 3.05. The molecule has 0 aliphatic carbocycles. The number of phenols is 1. The first-order chi connectivity index (χ1) is 13.7. The summed E-state index contributed by atoms with van der Waals surface area (Å²) < 4.78 is 5.22. The number of hydrogen-bond acceptors (Lipinski definition) is 4. The molecule has 0 saturated carbocycles. The van der Waals surface area contributed by atoms with Crippen molar-refractivity contribution in [3.05, 3.63) is 95.7 Å². The highest BCUT2D eigenvalue weighted by atomic mass is 16.5. The van der Waals surface area contributed by atoms with Gasteiger partial charge in [-0.2, -0.15) is 0 Å². The molecule has 138 valence electrons. The number of anilines is 1. The Morgan fingerprint density at radius 3 is 2.25 bits per heavy atom. The Hall–Kier alpha value is -3.86. The van der Waals surface area contributed by atoms with Gasteiger partial charge in [-0.25, -0.2) is 4.99 Å². The van der Waals surface area contributed by atoms with Crippen molar-refractivity contribution in [3.63, 3.8) is 0 Å². The molecule has 4 rings (SSSR count). The van der Waals surface area contributed by atoms with Crippen LogP contribution in [0.5, 0.6) is 11.5 Å². The van der Waals surface area contributed by atoms with Crippen LogP contribution in [0.15, 0.2) is 89.6 Å². The van der Waals surface area contributed by atoms with Crippen LogP contribution < -0.4 is 9.64 Å². The Morgan fingerprint density at radius 2 is 1.61 bits per heavy atom. The Labute approximate surface area is 162 Å². The molecule has 0 unspecified atom stereocenters. The molecule has 5 heteroatoms. The number of rotatable bonds is 4. The number of ether oxygens (including phenoxy) is 1. The summed E-state index contributed by atoms with van der Waals surface area (Å²) in [5.41, 5.74) is 2.67. The lowest BCUT2D eigenvalue weighted by atomic mass is 10.1. The highest BCUT2D eigenvalue weighted by molar-refractivity contribution is 6.33. The zero-order valence-corrected chi connectivity index (χ0v) is 15.2. The summed E-state index contributed by atoms with van der Waals surface area (Å²) in [6.07, 6.45) is 1.77. The van der Waals surface area contributed by atoms with Crippen LogP contribution in [0.1, 0.15) is 11.1 Å². The van der Waals surface area contributed by atoms with Gasteiger partial charge in [-0.15, -0.1) is 0 Å². The van der Waals surface area contributed by atoms with E-state index in [4.69, 9.17) is 4.74 Å². The third kappa shape index (κ3) is 3.38. The van der Waals surface area contributed by atoms with E-state index in [1.54, 1.807) is 42.4 Å². The molecule has 0 fully saturated rings. The summed E-state index contributed by atoms with van der Waals surface area (Å²) in [6.45, 7) is 0. The van der Waals surface area contributed by atoms with E-state index in [-0.39, 0.29) is 11.7 Å². The summed E-state index contributed by atoms with van der Waals surface area (Å²) in [5, 5.41) is 9.59. The third-order valence-corrected chi connectivity index (χ3v) is 4.42. The molecule has 0 saturated heterocycles. The van der Waals surface area contributed by atoms with E-state index in [1.165, 1.54) is 0 Å². The standard InChI is InChI=1S/C23H18N2O3/c1-28-20-13-7-17(8-14-20)22-24-21(15-16-5-3-2-4-6-16)23(27)25(22)18-9-11-19(26)12-10-18/h2-15,26H,1H3/b21-15+. The van der Waals surface area contributed by atoms with Gasteiger partial charge in [0, 0.05) is 5.56 Å². The number of amides is 1. The Bertz CT molecular complexity index is 1050.